The number of β-amino-alcohol motifs (C(OH)–C–C–N with tert-alkyl or cyclic N) is 1. The summed E-state index contributed by atoms with van der Waals surface area (Å²) in [5, 5.41) is 26.7. The molecule has 5 fully saturated rings. The van der Waals surface area contributed by atoms with E-state index in [0.717, 1.165) is 55.1 Å². The number of hydrogen-bond donors (Lipinski definition) is 3. The Hall–Kier alpha value is -2.89. The van der Waals surface area contributed by atoms with E-state index in [4.69, 9.17) is 4.74 Å². The number of aliphatic hydroxyl groups is 1. The highest BCUT2D eigenvalue weighted by atomic mass is 16.5. The van der Waals surface area contributed by atoms with E-state index < -0.39 is 0 Å². The molecule has 36 heavy (non-hydrogen) atoms. The molecule has 8 nitrogen and oxygen atoms in total. The Morgan fingerprint density at radius 3 is 2.72 bits per heavy atom. The van der Waals surface area contributed by atoms with Gasteiger partial charge in [-0.25, -0.2) is 4.98 Å². The van der Waals surface area contributed by atoms with Crippen LogP contribution < -0.4 is 15.4 Å². The van der Waals surface area contributed by atoms with Crippen molar-refractivity contribution in [2.75, 3.05) is 37.4 Å². The summed E-state index contributed by atoms with van der Waals surface area (Å²) in [6.07, 6.45) is 8.79. The zero-order valence-electron chi connectivity index (χ0n) is 21.0. The van der Waals surface area contributed by atoms with Crippen LogP contribution in [0.25, 0.3) is 0 Å². The fourth-order valence-corrected chi connectivity index (χ4v) is 8.00. The molecule has 1 aromatic heterocycles. The highest BCUT2D eigenvalue weighted by Gasteiger charge is 2.56. The first-order valence-corrected chi connectivity index (χ1v) is 13.3. The number of nitrogens with zero attached hydrogens (tertiary/aromatic N) is 4. The van der Waals surface area contributed by atoms with Gasteiger partial charge in [-0.1, -0.05) is 18.2 Å². The molecule has 6 atom stereocenters. The molecule has 0 radical (unpaired) electrons. The molecule has 1 aromatic carbocycles. The number of likely N-dealkylation sites (tertiary alicyclic amines) is 1. The van der Waals surface area contributed by atoms with Crippen molar-refractivity contribution < 1.29 is 9.84 Å². The zero-order valence-corrected chi connectivity index (χ0v) is 21.0. The van der Waals surface area contributed by atoms with Crippen LogP contribution in [-0.2, 0) is 6.54 Å². The van der Waals surface area contributed by atoms with Crippen LogP contribution in [0.4, 0.5) is 11.8 Å². The van der Waals surface area contributed by atoms with Gasteiger partial charge >= 0.3 is 0 Å². The van der Waals surface area contributed by atoms with Gasteiger partial charge in [-0.15, -0.1) is 0 Å². The minimum Gasteiger partial charge on any atom is -0.496 e. The van der Waals surface area contributed by atoms with E-state index in [1.54, 1.807) is 13.3 Å². The first kappa shape index (κ1) is 23.5. The van der Waals surface area contributed by atoms with E-state index in [1.807, 2.05) is 24.3 Å². The topological polar surface area (TPSA) is 106 Å². The zero-order chi connectivity index (χ0) is 24.7. The van der Waals surface area contributed by atoms with Gasteiger partial charge < -0.3 is 20.5 Å². The summed E-state index contributed by atoms with van der Waals surface area (Å²) in [5.41, 5.74) is 1.77. The summed E-state index contributed by atoms with van der Waals surface area (Å²) >= 11 is 0. The second-order valence-electron chi connectivity index (χ2n) is 11.5. The molecule has 1 aliphatic heterocycles. The van der Waals surface area contributed by atoms with E-state index >= 15 is 0 Å². The van der Waals surface area contributed by atoms with Crippen molar-refractivity contribution in [3.8, 4) is 11.8 Å². The number of hydrogen-bond acceptors (Lipinski definition) is 8. The number of para-hydroxylation sites is 1. The van der Waals surface area contributed by atoms with Crippen molar-refractivity contribution in [2.24, 2.45) is 23.2 Å². The normalized spacial score (nSPS) is 32.9. The van der Waals surface area contributed by atoms with Crippen LogP contribution in [0.3, 0.4) is 0 Å². The number of benzene rings is 1. The fraction of sp³-hybridized carbons (Fsp3) is 0.607. The van der Waals surface area contributed by atoms with E-state index in [1.165, 1.54) is 32.1 Å². The van der Waals surface area contributed by atoms with Gasteiger partial charge in [0, 0.05) is 37.8 Å². The molecule has 2 heterocycles. The number of aliphatic hydroxyl groups excluding tert-OH is 1. The highest BCUT2D eigenvalue weighted by molar-refractivity contribution is 5.53. The summed E-state index contributed by atoms with van der Waals surface area (Å²) in [6.45, 7) is 3.29. The van der Waals surface area contributed by atoms with Gasteiger partial charge in [0.15, 0.2) is 0 Å². The third-order valence-electron chi connectivity index (χ3n) is 9.14. The molecule has 0 spiro atoms. The number of aromatic nitrogens is 2. The molecule has 2 aromatic rings. The smallest absolute Gasteiger partial charge is 0.224 e. The summed E-state index contributed by atoms with van der Waals surface area (Å²) in [5.74, 6) is 4.20. The predicted octanol–water partition coefficient (Wildman–Crippen LogP) is 3.64. The quantitative estimate of drug-likeness (QED) is 0.517. The van der Waals surface area contributed by atoms with Gasteiger partial charge in [-0.05, 0) is 67.8 Å². The number of nitriles is 1. The van der Waals surface area contributed by atoms with Crippen molar-refractivity contribution >= 4 is 11.8 Å². The second kappa shape index (κ2) is 9.53. The van der Waals surface area contributed by atoms with Gasteiger partial charge in [0.25, 0.3) is 0 Å². The number of methoxy groups -OCH3 is 1. The molecule has 3 N–H and O–H groups in total. The number of nitrogens with one attached hydrogen (secondary N) is 2. The number of ether oxygens (including phenoxy) is 1. The minimum absolute atomic E-state index is 0.147. The SMILES string of the molecule is COc1ccccc1CNc1ncc(C#N)c(NC[C@@]23CC4C[C@H](C2)[C@@H](N2CCC(O)C2)[C@@H](C4)C3)n1. The molecule has 4 bridgehead atoms. The van der Waals surface area contributed by atoms with E-state index in [2.05, 4.69) is 31.6 Å². The van der Waals surface area contributed by atoms with Gasteiger partial charge in [0.05, 0.1) is 19.4 Å². The molecule has 1 saturated heterocycles. The lowest BCUT2D eigenvalue weighted by Crippen LogP contribution is -2.60. The molecular formula is C28H36N6O2. The van der Waals surface area contributed by atoms with Crippen LogP contribution in [0.15, 0.2) is 30.5 Å². The van der Waals surface area contributed by atoms with Crippen molar-refractivity contribution in [1.82, 2.24) is 14.9 Å². The molecule has 5 aliphatic rings. The third kappa shape index (κ3) is 4.39. The standard InChI is InChI=1S/C28H36N6O2/c1-36-24-5-3-2-4-19(24)14-30-27-31-15-22(13-29)26(33-27)32-17-28-10-18-8-20(11-28)25(21(9-18)12-28)34-7-6-23(35)16-34/h2-5,15,18,20-21,23,25,35H,6-12,14,16-17H2,1H3,(H2,30,31,32,33)/t18?,20-,21+,23?,25-,28+. The van der Waals surface area contributed by atoms with Crippen LogP contribution in [0, 0.1) is 34.5 Å². The average molecular weight is 489 g/mol. The van der Waals surface area contributed by atoms with Crippen molar-refractivity contribution in [2.45, 2.75) is 57.2 Å². The molecule has 7 rings (SSSR count). The maximum atomic E-state index is 10.1. The lowest BCUT2D eigenvalue weighted by molar-refractivity contribution is -0.103. The minimum atomic E-state index is -0.147. The fourth-order valence-electron chi connectivity index (χ4n) is 8.00. The van der Waals surface area contributed by atoms with Crippen LogP contribution in [0.5, 0.6) is 5.75 Å². The van der Waals surface area contributed by atoms with Gasteiger partial charge in [-0.2, -0.15) is 10.2 Å². The molecule has 8 heteroatoms. The van der Waals surface area contributed by atoms with Gasteiger partial charge in [-0.3, -0.25) is 4.90 Å². The highest BCUT2D eigenvalue weighted by Crippen LogP contribution is 2.61. The van der Waals surface area contributed by atoms with Crippen LogP contribution in [-0.4, -0.2) is 58.9 Å². The molecule has 190 valence electrons. The lowest BCUT2D eigenvalue weighted by Gasteiger charge is -2.62. The predicted molar refractivity (Wildman–Crippen MR) is 138 cm³/mol. The van der Waals surface area contributed by atoms with E-state index in [9.17, 15) is 10.4 Å². The largest absolute Gasteiger partial charge is 0.496 e. The number of rotatable bonds is 8. The summed E-state index contributed by atoms with van der Waals surface area (Å²) < 4.78 is 5.44. The van der Waals surface area contributed by atoms with E-state index in [-0.39, 0.29) is 11.5 Å². The Bertz CT molecular complexity index is 1130. The third-order valence-corrected chi connectivity index (χ3v) is 9.14. The Balaban J connectivity index is 1.14. The van der Waals surface area contributed by atoms with Gasteiger partial charge in [0.1, 0.15) is 23.2 Å². The molecule has 0 amide bonds. The molecule has 4 aliphatic carbocycles. The Kier molecular flexibility index (Phi) is 6.22. The van der Waals surface area contributed by atoms with Gasteiger partial charge in [0.2, 0.25) is 5.95 Å². The first-order valence-electron chi connectivity index (χ1n) is 13.3. The monoisotopic (exact) mass is 488 g/mol. The van der Waals surface area contributed by atoms with Crippen molar-refractivity contribution in [3.05, 3.63) is 41.6 Å². The second-order valence-corrected chi connectivity index (χ2v) is 11.5. The summed E-state index contributed by atoms with van der Waals surface area (Å²) in [4.78, 5) is 11.6. The Labute approximate surface area is 213 Å². The first-order chi connectivity index (χ1) is 17.6. The van der Waals surface area contributed by atoms with Crippen LogP contribution in [0.2, 0.25) is 0 Å². The number of anilines is 2. The molecule has 2 unspecified atom stereocenters. The summed E-state index contributed by atoms with van der Waals surface area (Å²) in [6, 6.07) is 10.8. The Morgan fingerprint density at radius 2 is 2.00 bits per heavy atom. The van der Waals surface area contributed by atoms with E-state index in [0.29, 0.717) is 29.9 Å². The molecule has 4 saturated carbocycles. The van der Waals surface area contributed by atoms with Crippen LogP contribution >= 0.6 is 0 Å². The van der Waals surface area contributed by atoms with Crippen molar-refractivity contribution in [1.29, 1.82) is 5.26 Å². The molecular weight excluding hydrogens is 452 g/mol. The van der Waals surface area contributed by atoms with Crippen LogP contribution in [0.1, 0.15) is 49.7 Å². The summed E-state index contributed by atoms with van der Waals surface area (Å²) in [7, 11) is 1.67. The van der Waals surface area contributed by atoms with Crippen molar-refractivity contribution in [3.63, 3.8) is 0 Å². The maximum absolute atomic E-state index is 10.1. The average Bonchev–Trinajstić information content (AvgIpc) is 3.31. The lowest BCUT2D eigenvalue weighted by atomic mass is 9.47. The Morgan fingerprint density at radius 1 is 1.19 bits per heavy atom. The maximum Gasteiger partial charge on any atom is 0.224 e.